The van der Waals surface area contributed by atoms with Crippen LogP contribution in [0, 0.1) is 11.3 Å². The number of carbonyl (C=O) groups is 1. The number of nitrogens with one attached hydrogen (secondary N) is 3. The van der Waals surface area contributed by atoms with Crippen LogP contribution in [0.3, 0.4) is 0 Å². The quantitative estimate of drug-likeness (QED) is 0.451. The van der Waals surface area contributed by atoms with Gasteiger partial charge in [-0.15, -0.1) is 0 Å². The molecule has 0 amide bonds. The topological polar surface area (TPSA) is 118 Å². The van der Waals surface area contributed by atoms with Crippen LogP contribution >= 0.6 is 0 Å². The number of ketones is 1. The fourth-order valence-electron chi connectivity index (χ4n) is 4.50. The average molecular weight is 493 g/mol. The van der Waals surface area contributed by atoms with Crippen LogP contribution in [0.1, 0.15) is 37.3 Å². The van der Waals surface area contributed by atoms with E-state index < -0.39 is 0 Å². The van der Waals surface area contributed by atoms with Gasteiger partial charge in [0.1, 0.15) is 17.5 Å². The molecule has 0 saturated carbocycles. The molecule has 1 aromatic heterocycles. The summed E-state index contributed by atoms with van der Waals surface area (Å²) < 4.78 is 5.31. The van der Waals surface area contributed by atoms with Crippen molar-refractivity contribution >= 4 is 28.9 Å². The zero-order chi connectivity index (χ0) is 25.3. The van der Waals surface area contributed by atoms with E-state index in [9.17, 15) is 10.1 Å². The maximum atomic E-state index is 12.1. The number of nitrogens with zero attached hydrogens (tertiary/aromatic N) is 5. The number of ether oxygens (including phenoxy) is 1. The Morgan fingerprint density at radius 3 is 2.89 bits per heavy atom. The first-order valence-electron chi connectivity index (χ1n) is 12.8. The van der Waals surface area contributed by atoms with E-state index in [0.29, 0.717) is 50.1 Å². The second kappa shape index (κ2) is 12.6. The molecule has 0 aliphatic carbocycles. The SMILES string of the molecule is CCc1cc(N2CCN(C)CC2)ccc1Nc1ncc(C#N)c(NCCCC2NCOCCC2=O)n1. The first-order valence-corrected chi connectivity index (χ1v) is 12.8. The second-order valence-electron chi connectivity index (χ2n) is 9.27. The van der Waals surface area contributed by atoms with Gasteiger partial charge in [0.15, 0.2) is 5.78 Å². The number of hydrogen-bond acceptors (Lipinski definition) is 10. The highest BCUT2D eigenvalue weighted by molar-refractivity contribution is 5.84. The Labute approximate surface area is 213 Å². The number of benzene rings is 1. The highest BCUT2D eigenvalue weighted by Crippen LogP contribution is 2.27. The van der Waals surface area contributed by atoms with E-state index in [4.69, 9.17) is 4.74 Å². The fraction of sp³-hybridized carbons (Fsp3) is 0.538. The number of Topliss-reactive ketones (excluding diaryl/α,β-unsaturated/α-hetero) is 1. The van der Waals surface area contributed by atoms with Crippen molar-refractivity contribution in [3.05, 3.63) is 35.5 Å². The predicted octanol–water partition coefficient (Wildman–Crippen LogP) is 2.50. The smallest absolute Gasteiger partial charge is 0.229 e. The van der Waals surface area contributed by atoms with Crippen molar-refractivity contribution in [1.29, 1.82) is 5.26 Å². The average Bonchev–Trinajstić information content (AvgIpc) is 3.11. The van der Waals surface area contributed by atoms with Gasteiger partial charge in [-0.05, 0) is 50.1 Å². The van der Waals surface area contributed by atoms with Crippen molar-refractivity contribution in [1.82, 2.24) is 20.2 Å². The number of rotatable bonds is 9. The number of piperazine rings is 1. The molecule has 1 aromatic carbocycles. The zero-order valence-corrected chi connectivity index (χ0v) is 21.2. The molecule has 2 aromatic rings. The molecule has 3 heterocycles. The molecule has 192 valence electrons. The van der Waals surface area contributed by atoms with Gasteiger partial charge >= 0.3 is 0 Å². The summed E-state index contributed by atoms with van der Waals surface area (Å²) in [7, 11) is 2.16. The zero-order valence-electron chi connectivity index (χ0n) is 21.2. The summed E-state index contributed by atoms with van der Waals surface area (Å²) in [6.07, 6.45) is 4.32. The van der Waals surface area contributed by atoms with Crippen molar-refractivity contribution in [3.8, 4) is 6.07 Å². The summed E-state index contributed by atoms with van der Waals surface area (Å²) in [5, 5.41) is 19.2. The highest BCUT2D eigenvalue weighted by Gasteiger charge is 2.20. The van der Waals surface area contributed by atoms with Crippen molar-refractivity contribution in [2.75, 3.05) is 68.6 Å². The van der Waals surface area contributed by atoms with Crippen LogP contribution in [0.4, 0.5) is 23.1 Å². The molecule has 3 N–H and O–H groups in total. The fourth-order valence-corrected chi connectivity index (χ4v) is 4.50. The Bertz CT molecular complexity index is 1080. The van der Waals surface area contributed by atoms with Gasteiger partial charge in [0.05, 0.1) is 25.6 Å². The summed E-state index contributed by atoms with van der Waals surface area (Å²) >= 11 is 0. The normalized spacial score (nSPS) is 19.0. The number of carbonyl (C=O) groups excluding carboxylic acids is 1. The number of nitriles is 1. The molecule has 4 rings (SSSR count). The van der Waals surface area contributed by atoms with Crippen LogP contribution in [-0.4, -0.2) is 79.8 Å². The van der Waals surface area contributed by atoms with Gasteiger partial charge in [-0.25, -0.2) is 4.98 Å². The molecule has 1 unspecified atom stereocenters. The summed E-state index contributed by atoms with van der Waals surface area (Å²) in [6, 6.07) is 8.44. The van der Waals surface area contributed by atoms with E-state index in [1.165, 1.54) is 17.4 Å². The van der Waals surface area contributed by atoms with E-state index in [0.717, 1.165) is 44.7 Å². The molecular formula is C26H36N8O2. The summed E-state index contributed by atoms with van der Waals surface area (Å²) in [5.74, 6) is 1.12. The lowest BCUT2D eigenvalue weighted by Crippen LogP contribution is -2.44. The van der Waals surface area contributed by atoms with Gasteiger partial charge in [0, 0.05) is 50.5 Å². The molecule has 0 radical (unpaired) electrons. The van der Waals surface area contributed by atoms with Crippen molar-refractivity contribution in [2.24, 2.45) is 0 Å². The Balaban J connectivity index is 1.38. The minimum atomic E-state index is -0.186. The molecule has 2 fully saturated rings. The lowest BCUT2D eigenvalue weighted by atomic mass is 10.1. The predicted molar refractivity (Wildman–Crippen MR) is 141 cm³/mol. The Morgan fingerprint density at radius 1 is 1.28 bits per heavy atom. The molecule has 10 nitrogen and oxygen atoms in total. The molecular weight excluding hydrogens is 456 g/mol. The number of aromatic nitrogens is 2. The second-order valence-corrected chi connectivity index (χ2v) is 9.27. The van der Waals surface area contributed by atoms with Crippen LogP contribution in [0.25, 0.3) is 0 Å². The van der Waals surface area contributed by atoms with Gasteiger partial charge in [-0.2, -0.15) is 10.2 Å². The van der Waals surface area contributed by atoms with Crippen LogP contribution in [0.15, 0.2) is 24.4 Å². The Hall–Kier alpha value is -3.26. The Morgan fingerprint density at radius 2 is 2.11 bits per heavy atom. The maximum absolute atomic E-state index is 12.1. The summed E-state index contributed by atoms with van der Waals surface area (Å²) in [4.78, 5) is 25.8. The molecule has 2 aliphatic rings. The molecule has 10 heteroatoms. The number of aryl methyl sites for hydroxylation is 1. The number of anilines is 4. The minimum absolute atomic E-state index is 0.184. The van der Waals surface area contributed by atoms with Crippen molar-refractivity contribution < 1.29 is 9.53 Å². The highest BCUT2D eigenvalue weighted by atomic mass is 16.5. The Kier molecular flexibility index (Phi) is 9.06. The lowest BCUT2D eigenvalue weighted by molar-refractivity contribution is -0.120. The van der Waals surface area contributed by atoms with Gasteiger partial charge in [0.25, 0.3) is 0 Å². The van der Waals surface area contributed by atoms with E-state index in [1.54, 1.807) is 0 Å². The third-order valence-corrected chi connectivity index (χ3v) is 6.77. The van der Waals surface area contributed by atoms with Crippen molar-refractivity contribution in [2.45, 2.75) is 38.6 Å². The van der Waals surface area contributed by atoms with Crippen LogP contribution in [0.2, 0.25) is 0 Å². The minimum Gasteiger partial charge on any atom is -0.369 e. The van der Waals surface area contributed by atoms with E-state index in [2.05, 4.69) is 74.0 Å². The molecule has 2 saturated heterocycles. The van der Waals surface area contributed by atoms with Crippen LogP contribution < -0.4 is 20.9 Å². The molecule has 2 aliphatic heterocycles. The van der Waals surface area contributed by atoms with Crippen molar-refractivity contribution in [3.63, 3.8) is 0 Å². The monoisotopic (exact) mass is 492 g/mol. The number of hydrogen-bond donors (Lipinski definition) is 3. The van der Waals surface area contributed by atoms with Gasteiger partial charge in [-0.1, -0.05) is 6.92 Å². The summed E-state index contributed by atoms with van der Waals surface area (Å²) in [5.41, 5.74) is 3.78. The van der Waals surface area contributed by atoms with E-state index in [1.807, 2.05) is 0 Å². The third-order valence-electron chi connectivity index (χ3n) is 6.77. The largest absolute Gasteiger partial charge is 0.369 e. The van der Waals surface area contributed by atoms with Gasteiger partial charge in [0.2, 0.25) is 5.95 Å². The summed E-state index contributed by atoms with van der Waals surface area (Å²) in [6.45, 7) is 7.80. The number of likely N-dealkylation sites (N-methyl/N-ethyl adjacent to an activating group) is 1. The molecule has 0 bridgehead atoms. The van der Waals surface area contributed by atoms with E-state index >= 15 is 0 Å². The van der Waals surface area contributed by atoms with Crippen LogP contribution in [-0.2, 0) is 16.0 Å². The van der Waals surface area contributed by atoms with E-state index in [-0.39, 0.29) is 11.8 Å². The first kappa shape index (κ1) is 25.8. The van der Waals surface area contributed by atoms with Crippen LogP contribution in [0.5, 0.6) is 0 Å². The maximum Gasteiger partial charge on any atom is 0.229 e. The molecule has 36 heavy (non-hydrogen) atoms. The van der Waals surface area contributed by atoms with Gasteiger partial charge in [-0.3, -0.25) is 10.1 Å². The first-order chi connectivity index (χ1) is 17.6. The molecule has 1 atom stereocenters. The lowest BCUT2D eigenvalue weighted by Gasteiger charge is -2.34. The van der Waals surface area contributed by atoms with Gasteiger partial charge < -0.3 is 25.2 Å². The standard InChI is InChI=1S/C26H36N8O2/c1-3-19-15-21(34-12-10-33(2)11-13-34)6-7-22(19)31-26-29-17-20(16-27)25(32-26)28-9-4-5-23-24(35)8-14-36-18-30-23/h6-7,15,17,23,30H,3-5,8-14,18H2,1-2H3,(H2,28,29,31,32). The molecule has 0 spiro atoms. The third kappa shape index (κ3) is 6.69.